The second-order valence-corrected chi connectivity index (χ2v) is 3.99. The van der Waals surface area contributed by atoms with Crippen LogP contribution in [0.1, 0.15) is 31.1 Å². The highest BCUT2D eigenvalue weighted by Gasteiger charge is 1.98. The van der Waals surface area contributed by atoms with Crippen molar-refractivity contribution in [3.05, 3.63) is 53.1 Å². The van der Waals surface area contributed by atoms with Crippen LogP contribution in [0.15, 0.2) is 36.4 Å². The minimum absolute atomic E-state index is 0.146. The van der Waals surface area contributed by atoms with E-state index in [0.717, 1.165) is 18.2 Å². The highest BCUT2D eigenvalue weighted by atomic mass is 16.3. The Kier molecular flexibility index (Phi) is 5.64. The number of hydrogen-bond acceptors (Lipinski definition) is 6. The molecule has 21 heavy (non-hydrogen) atoms. The number of rotatable bonds is 3. The molecule has 2 aromatic carbocycles. The number of benzene rings is 2. The van der Waals surface area contributed by atoms with Gasteiger partial charge in [0.2, 0.25) is 0 Å². The van der Waals surface area contributed by atoms with Crippen molar-refractivity contribution >= 4 is 18.9 Å². The van der Waals surface area contributed by atoms with Gasteiger partial charge in [-0.25, -0.2) is 0 Å². The molecule has 3 N–H and O–H groups in total. The summed E-state index contributed by atoms with van der Waals surface area (Å²) in [7, 11) is 0. The number of aromatic hydroxyl groups is 3. The molecule has 0 heterocycles. The normalized spacial score (nSPS) is 9.14. The van der Waals surface area contributed by atoms with Crippen molar-refractivity contribution in [1.82, 2.24) is 0 Å². The Morgan fingerprint density at radius 3 is 0.952 bits per heavy atom. The van der Waals surface area contributed by atoms with Crippen LogP contribution in [0.5, 0.6) is 17.2 Å². The fraction of sp³-hybridized carbons (Fsp3) is 0. The molecule has 0 aliphatic carbocycles. The Balaban J connectivity index is 0.000000219. The van der Waals surface area contributed by atoms with Crippen LogP contribution in [0.25, 0.3) is 0 Å². The van der Waals surface area contributed by atoms with E-state index in [-0.39, 0.29) is 17.2 Å². The fourth-order valence-corrected chi connectivity index (χ4v) is 1.49. The van der Waals surface area contributed by atoms with E-state index in [4.69, 9.17) is 15.3 Å². The lowest BCUT2D eigenvalue weighted by Gasteiger charge is -1.94. The second kappa shape index (κ2) is 7.44. The lowest BCUT2D eigenvalue weighted by molar-refractivity contribution is 0.112. The summed E-state index contributed by atoms with van der Waals surface area (Å²) in [5.74, 6) is -0.437. The summed E-state index contributed by atoms with van der Waals surface area (Å²) in [5.41, 5.74) is 1.00. The predicted molar refractivity (Wildman–Crippen MR) is 74.0 cm³/mol. The first kappa shape index (κ1) is 15.9. The summed E-state index contributed by atoms with van der Waals surface area (Å²) in [6.07, 6.45) is 1.79. The molecule has 2 rings (SSSR count). The molecule has 0 atom stereocenters. The quantitative estimate of drug-likeness (QED) is 0.744. The third-order valence-corrected chi connectivity index (χ3v) is 2.30. The minimum atomic E-state index is -0.146. The molecular formula is C15H12O6. The number of aldehydes is 3. The lowest BCUT2D eigenvalue weighted by Crippen LogP contribution is -1.89. The highest BCUT2D eigenvalue weighted by molar-refractivity contribution is 5.87. The average molecular weight is 288 g/mol. The van der Waals surface area contributed by atoms with E-state index in [1.54, 1.807) is 0 Å². The summed E-state index contributed by atoms with van der Waals surface area (Å²) in [4.78, 5) is 30.9. The largest absolute Gasteiger partial charge is 0.508 e. The van der Waals surface area contributed by atoms with Gasteiger partial charge in [-0.2, -0.15) is 0 Å². The zero-order valence-corrected chi connectivity index (χ0v) is 10.8. The van der Waals surface area contributed by atoms with Crippen LogP contribution >= 0.6 is 0 Å². The second-order valence-electron chi connectivity index (χ2n) is 3.99. The van der Waals surface area contributed by atoms with Gasteiger partial charge < -0.3 is 15.3 Å². The predicted octanol–water partition coefficient (Wildman–Crippen LogP) is 1.93. The van der Waals surface area contributed by atoms with Gasteiger partial charge in [0.25, 0.3) is 0 Å². The number of phenols is 3. The van der Waals surface area contributed by atoms with E-state index in [0.29, 0.717) is 35.5 Å². The van der Waals surface area contributed by atoms with Crippen molar-refractivity contribution < 1.29 is 29.7 Å². The van der Waals surface area contributed by atoms with Crippen LogP contribution in [0.3, 0.4) is 0 Å². The summed E-state index contributed by atoms with van der Waals surface area (Å²) in [5, 5.41) is 26.0. The summed E-state index contributed by atoms with van der Waals surface area (Å²) < 4.78 is 0. The summed E-state index contributed by atoms with van der Waals surface area (Å²) >= 11 is 0. The van der Waals surface area contributed by atoms with Crippen molar-refractivity contribution in [2.24, 2.45) is 0 Å². The topological polar surface area (TPSA) is 112 Å². The Morgan fingerprint density at radius 1 is 0.524 bits per heavy atom. The molecule has 108 valence electrons. The van der Waals surface area contributed by atoms with E-state index in [1.807, 2.05) is 0 Å². The third kappa shape index (κ3) is 5.15. The summed E-state index contributed by atoms with van der Waals surface area (Å²) in [6.45, 7) is 0. The highest BCUT2D eigenvalue weighted by Crippen LogP contribution is 2.23. The zero-order chi connectivity index (χ0) is 15.8. The van der Waals surface area contributed by atoms with E-state index >= 15 is 0 Å². The zero-order valence-electron chi connectivity index (χ0n) is 10.8. The van der Waals surface area contributed by atoms with Gasteiger partial charge in [-0.3, -0.25) is 14.4 Å². The van der Waals surface area contributed by atoms with Crippen LogP contribution in [0.4, 0.5) is 0 Å². The van der Waals surface area contributed by atoms with Gasteiger partial charge in [-0.15, -0.1) is 0 Å². The molecule has 0 saturated heterocycles. The van der Waals surface area contributed by atoms with Crippen molar-refractivity contribution in [3.8, 4) is 17.2 Å². The molecule has 0 aliphatic heterocycles. The maximum atomic E-state index is 10.3. The monoisotopic (exact) mass is 288 g/mol. The van der Waals surface area contributed by atoms with Gasteiger partial charge in [0, 0.05) is 34.9 Å². The standard InChI is InChI=1S/C9H6O3.C6H6O3/c10-4-7-1-8(5-11)3-9(2-7)6-12;7-4-1-5(8)3-6(9)2-4/h1-6H;1-3,7-9H. The first-order valence-corrected chi connectivity index (χ1v) is 5.71. The molecule has 0 spiro atoms. The number of carbonyl (C=O) groups is 3. The first-order chi connectivity index (χ1) is 9.98. The maximum absolute atomic E-state index is 10.3. The summed E-state index contributed by atoms with van der Waals surface area (Å²) in [6, 6.07) is 7.69. The Morgan fingerprint density at radius 2 is 0.762 bits per heavy atom. The molecule has 0 bridgehead atoms. The molecular weight excluding hydrogens is 276 g/mol. The molecule has 0 aliphatic rings. The lowest BCUT2D eigenvalue weighted by atomic mass is 10.1. The van der Waals surface area contributed by atoms with Gasteiger partial charge in [-0.1, -0.05) is 0 Å². The van der Waals surface area contributed by atoms with Crippen LogP contribution in [-0.4, -0.2) is 34.2 Å². The van der Waals surface area contributed by atoms with Crippen LogP contribution < -0.4 is 0 Å². The van der Waals surface area contributed by atoms with Crippen molar-refractivity contribution in [1.29, 1.82) is 0 Å². The van der Waals surface area contributed by atoms with Crippen molar-refractivity contribution in [2.75, 3.05) is 0 Å². The number of phenolic OH excluding ortho intramolecular Hbond substituents is 3. The van der Waals surface area contributed by atoms with E-state index in [9.17, 15) is 14.4 Å². The molecule has 0 radical (unpaired) electrons. The first-order valence-electron chi connectivity index (χ1n) is 5.71. The number of hydrogen-bond donors (Lipinski definition) is 3. The van der Waals surface area contributed by atoms with Gasteiger partial charge in [0.05, 0.1) is 0 Å². The Labute approximate surface area is 119 Å². The molecule has 6 nitrogen and oxygen atoms in total. The average Bonchev–Trinajstić information content (AvgIpc) is 2.45. The van der Waals surface area contributed by atoms with Gasteiger partial charge in [0.1, 0.15) is 36.1 Å². The molecule has 0 aromatic heterocycles. The van der Waals surface area contributed by atoms with Crippen molar-refractivity contribution in [2.45, 2.75) is 0 Å². The van der Waals surface area contributed by atoms with E-state index in [2.05, 4.69) is 0 Å². The molecule has 0 fully saturated rings. The van der Waals surface area contributed by atoms with Crippen LogP contribution in [0.2, 0.25) is 0 Å². The van der Waals surface area contributed by atoms with E-state index in [1.165, 1.54) is 18.2 Å². The van der Waals surface area contributed by atoms with Crippen LogP contribution in [-0.2, 0) is 0 Å². The Hall–Kier alpha value is -3.15. The number of carbonyl (C=O) groups excluding carboxylic acids is 3. The van der Waals surface area contributed by atoms with E-state index < -0.39 is 0 Å². The van der Waals surface area contributed by atoms with Gasteiger partial charge >= 0.3 is 0 Å². The smallest absolute Gasteiger partial charge is 0.150 e. The maximum Gasteiger partial charge on any atom is 0.150 e. The Bertz CT molecular complexity index is 548. The van der Waals surface area contributed by atoms with Crippen LogP contribution in [0, 0.1) is 0 Å². The molecule has 0 unspecified atom stereocenters. The molecule has 2 aromatic rings. The van der Waals surface area contributed by atoms with Gasteiger partial charge in [0.15, 0.2) is 0 Å². The molecule has 0 saturated carbocycles. The molecule has 0 amide bonds. The third-order valence-electron chi connectivity index (χ3n) is 2.30. The SMILES string of the molecule is O=Cc1cc(C=O)cc(C=O)c1.Oc1cc(O)cc(O)c1. The van der Waals surface area contributed by atoms with Gasteiger partial charge in [-0.05, 0) is 18.2 Å². The fourth-order valence-electron chi connectivity index (χ4n) is 1.49. The molecule has 6 heteroatoms. The minimum Gasteiger partial charge on any atom is -0.508 e. The van der Waals surface area contributed by atoms with Crippen molar-refractivity contribution in [3.63, 3.8) is 0 Å².